The van der Waals surface area contributed by atoms with Crippen LogP contribution in [0.2, 0.25) is 0 Å². The van der Waals surface area contributed by atoms with Crippen molar-refractivity contribution in [1.82, 2.24) is 5.32 Å². The van der Waals surface area contributed by atoms with Crippen molar-refractivity contribution in [3.8, 4) is 11.5 Å². The lowest BCUT2D eigenvalue weighted by molar-refractivity contribution is -0.123. The summed E-state index contributed by atoms with van der Waals surface area (Å²) in [5, 5.41) is 3.12. The van der Waals surface area contributed by atoms with Crippen molar-refractivity contribution in [2.45, 2.75) is 57.4 Å². The summed E-state index contributed by atoms with van der Waals surface area (Å²) in [6.07, 6.45) is 5.42. The molecule has 1 aliphatic carbocycles. The van der Waals surface area contributed by atoms with Crippen LogP contribution in [-0.2, 0) is 10.2 Å². The molecule has 0 saturated heterocycles. The molecule has 1 aliphatic heterocycles. The SMILES string of the molecule is CCC(C)C(N)C(=O)NCC1(c2ccc3c(c2)OCCO3)CCCC1. The molecule has 5 nitrogen and oxygen atoms in total. The normalized spacial score (nSPS) is 20.8. The summed E-state index contributed by atoms with van der Waals surface area (Å²) in [6.45, 7) is 5.91. The number of carbonyl (C=O) groups excluding carboxylic acids is 1. The Balaban J connectivity index is 1.75. The number of benzene rings is 1. The monoisotopic (exact) mass is 346 g/mol. The first-order chi connectivity index (χ1) is 12.1. The molecule has 3 N–H and O–H groups in total. The van der Waals surface area contributed by atoms with Gasteiger partial charge in [0.2, 0.25) is 5.91 Å². The minimum absolute atomic E-state index is 0.0271. The van der Waals surface area contributed by atoms with Gasteiger partial charge in [0.25, 0.3) is 0 Å². The maximum atomic E-state index is 12.4. The van der Waals surface area contributed by atoms with Gasteiger partial charge in [-0.2, -0.15) is 0 Å². The topological polar surface area (TPSA) is 73.6 Å². The van der Waals surface area contributed by atoms with Gasteiger partial charge in [-0.05, 0) is 36.5 Å². The van der Waals surface area contributed by atoms with Crippen molar-refractivity contribution in [2.24, 2.45) is 11.7 Å². The van der Waals surface area contributed by atoms with Crippen LogP contribution in [0.1, 0.15) is 51.5 Å². The van der Waals surface area contributed by atoms with Crippen molar-refractivity contribution in [1.29, 1.82) is 0 Å². The molecule has 1 aromatic carbocycles. The lowest BCUT2D eigenvalue weighted by atomic mass is 9.78. The highest BCUT2D eigenvalue weighted by atomic mass is 16.6. The highest BCUT2D eigenvalue weighted by molar-refractivity contribution is 5.81. The van der Waals surface area contributed by atoms with E-state index < -0.39 is 6.04 Å². The van der Waals surface area contributed by atoms with Gasteiger partial charge in [0.15, 0.2) is 11.5 Å². The van der Waals surface area contributed by atoms with E-state index in [1.165, 1.54) is 18.4 Å². The van der Waals surface area contributed by atoms with Crippen LogP contribution in [0.5, 0.6) is 11.5 Å². The number of amides is 1. The van der Waals surface area contributed by atoms with Gasteiger partial charge >= 0.3 is 0 Å². The molecular formula is C20H30N2O3. The van der Waals surface area contributed by atoms with Crippen LogP contribution >= 0.6 is 0 Å². The Morgan fingerprint density at radius 2 is 1.92 bits per heavy atom. The fourth-order valence-corrected chi connectivity index (χ4v) is 3.88. The van der Waals surface area contributed by atoms with Gasteiger partial charge in [-0.15, -0.1) is 0 Å². The number of ether oxygens (including phenoxy) is 2. The van der Waals surface area contributed by atoms with Crippen molar-refractivity contribution in [3.05, 3.63) is 23.8 Å². The van der Waals surface area contributed by atoms with Crippen LogP contribution < -0.4 is 20.5 Å². The molecule has 5 heteroatoms. The fourth-order valence-electron chi connectivity index (χ4n) is 3.88. The lowest BCUT2D eigenvalue weighted by Crippen LogP contribution is -2.48. The molecule has 2 aliphatic rings. The van der Waals surface area contributed by atoms with E-state index in [1.54, 1.807) is 0 Å². The summed E-state index contributed by atoms with van der Waals surface area (Å²) in [6, 6.07) is 5.78. The molecule has 0 spiro atoms. The average Bonchev–Trinajstić information content (AvgIpc) is 3.14. The van der Waals surface area contributed by atoms with Crippen molar-refractivity contribution >= 4 is 5.91 Å². The zero-order valence-corrected chi connectivity index (χ0v) is 15.3. The van der Waals surface area contributed by atoms with E-state index in [0.717, 1.165) is 30.8 Å². The molecule has 1 aromatic rings. The number of nitrogens with two attached hydrogens (primary N) is 1. The Morgan fingerprint density at radius 1 is 1.24 bits per heavy atom. The second-order valence-corrected chi connectivity index (χ2v) is 7.47. The van der Waals surface area contributed by atoms with E-state index in [0.29, 0.717) is 19.8 Å². The summed E-state index contributed by atoms with van der Waals surface area (Å²) in [7, 11) is 0. The molecule has 2 atom stereocenters. The minimum atomic E-state index is -0.441. The first-order valence-electron chi connectivity index (χ1n) is 9.49. The quantitative estimate of drug-likeness (QED) is 0.831. The second kappa shape index (κ2) is 7.65. The Labute approximate surface area is 150 Å². The van der Waals surface area contributed by atoms with Gasteiger partial charge in [0.1, 0.15) is 13.2 Å². The first kappa shape index (κ1) is 18.1. The van der Waals surface area contributed by atoms with Crippen LogP contribution in [0.3, 0.4) is 0 Å². The maximum absolute atomic E-state index is 12.4. The van der Waals surface area contributed by atoms with Crippen molar-refractivity contribution in [2.75, 3.05) is 19.8 Å². The van der Waals surface area contributed by atoms with Crippen LogP contribution in [-0.4, -0.2) is 31.7 Å². The largest absolute Gasteiger partial charge is 0.486 e. The molecule has 1 fully saturated rings. The minimum Gasteiger partial charge on any atom is -0.486 e. The highest BCUT2D eigenvalue weighted by Crippen LogP contribution is 2.43. The molecule has 1 amide bonds. The van der Waals surface area contributed by atoms with Crippen LogP contribution in [0.4, 0.5) is 0 Å². The van der Waals surface area contributed by atoms with E-state index in [-0.39, 0.29) is 17.2 Å². The third-order valence-electron chi connectivity index (χ3n) is 5.88. The molecule has 0 aromatic heterocycles. The lowest BCUT2D eigenvalue weighted by Gasteiger charge is -2.32. The van der Waals surface area contributed by atoms with Gasteiger partial charge < -0.3 is 20.5 Å². The Kier molecular flexibility index (Phi) is 5.52. The zero-order valence-electron chi connectivity index (χ0n) is 15.3. The average molecular weight is 346 g/mol. The fraction of sp³-hybridized carbons (Fsp3) is 0.650. The van der Waals surface area contributed by atoms with Crippen LogP contribution in [0.15, 0.2) is 18.2 Å². The molecule has 0 radical (unpaired) electrons. The van der Waals surface area contributed by atoms with Crippen LogP contribution in [0.25, 0.3) is 0 Å². The number of fused-ring (bicyclic) bond motifs is 1. The Bertz CT molecular complexity index is 611. The van der Waals surface area contributed by atoms with Crippen LogP contribution in [0, 0.1) is 5.92 Å². The second-order valence-electron chi connectivity index (χ2n) is 7.47. The molecule has 2 unspecified atom stereocenters. The number of rotatable bonds is 6. The predicted octanol–water partition coefficient (Wildman–Crippen LogP) is 2.76. The Hall–Kier alpha value is -1.75. The molecular weight excluding hydrogens is 316 g/mol. The van der Waals surface area contributed by atoms with Crippen molar-refractivity contribution in [3.63, 3.8) is 0 Å². The van der Waals surface area contributed by atoms with Gasteiger partial charge in [-0.25, -0.2) is 0 Å². The predicted molar refractivity (Wildman–Crippen MR) is 98.0 cm³/mol. The standard InChI is InChI=1S/C20H30N2O3/c1-3-14(2)18(21)19(23)22-13-20(8-4-5-9-20)15-6-7-16-17(12-15)25-11-10-24-16/h6-7,12,14,18H,3-5,8-11,13,21H2,1-2H3,(H,22,23). The Morgan fingerprint density at radius 3 is 2.60 bits per heavy atom. The third kappa shape index (κ3) is 3.76. The molecule has 1 heterocycles. The van der Waals surface area contributed by atoms with E-state index in [2.05, 4.69) is 24.4 Å². The maximum Gasteiger partial charge on any atom is 0.237 e. The summed E-state index contributed by atoms with van der Waals surface area (Å²) in [4.78, 5) is 12.4. The molecule has 1 saturated carbocycles. The first-order valence-corrected chi connectivity index (χ1v) is 9.49. The molecule has 0 bridgehead atoms. The molecule has 25 heavy (non-hydrogen) atoms. The van der Waals surface area contributed by atoms with E-state index >= 15 is 0 Å². The number of hydrogen-bond donors (Lipinski definition) is 2. The third-order valence-corrected chi connectivity index (χ3v) is 5.88. The summed E-state index contributed by atoms with van der Waals surface area (Å²) < 4.78 is 11.4. The highest BCUT2D eigenvalue weighted by Gasteiger charge is 2.37. The smallest absolute Gasteiger partial charge is 0.237 e. The van der Waals surface area contributed by atoms with E-state index in [4.69, 9.17) is 15.2 Å². The summed E-state index contributed by atoms with van der Waals surface area (Å²) in [5.74, 6) is 1.77. The van der Waals surface area contributed by atoms with Gasteiger partial charge in [0.05, 0.1) is 6.04 Å². The molecule has 3 rings (SSSR count). The number of hydrogen-bond acceptors (Lipinski definition) is 4. The van der Waals surface area contributed by atoms with Gasteiger partial charge in [-0.1, -0.05) is 39.2 Å². The van der Waals surface area contributed by atoms with E-state index in [9.17, 15) is 4.79 Å². The summed E-state index contributed by atoms with van der Waals surface area (Å²) >= 11 is 0. The van der Waals surface area contributed by atoms with Gasteiger partial charge in [-0.3, -0.25) is 4.79 Å². The zero-order chi connectivity index (χ0) is 17.9. The van der Waals surface area contributed by atoms with Gasteiger partial charge in [0, 0.05) is 12.0 Å². The number of carbonyl (C=O) groups is 1. The van der Waals surface area contributed by atoms with Crippen molar-refractivity contribution < 1.29 is 14.3 Å². The van der Waals surface area contributed by atoms with E-state index in [1.807, 2.05) is 13.0 Å². The summed E-state index contributed by atoms with van der Waals surface area (Å²) in [5.41, 5.74) is 7.28. The molecule has 138 valence electrons. The number of nitrogens with one attached hydrogen (secondary N) is 1.